The van der Waals surface area contributed by atoms with E-state index in [1.54, 1.807) is 11.8 Å². The zero-order chi connectivity index (χ0) is 18.1. The number of carbonyl (C=O) groups is 1. The largest absolute Gasteiger partial charge is 0.459 e. The van der Waals surface area contributed by atoms with Crippen molar-refractivity contribution in [2.75, 3.05) is 5.75 Å². The first-order valence-electron chi connectivity index (χ1n) is 8.31. The van der Waals surface area contributed by atoms with Crippen LogP contribution in [0.2, 0.25) is 5.02 Å². The lowest BCUT2D eigenvalue weighted by Crippen LogP contribution is -2.31. The highest BCUT2D eigenvalue weighted by Crippen LogP contribution is 2.37. The van der Waals surface area contributed by atoms with E-state index in [1.165, 1.54) is 16.2 Å². The summed E-state index contributed by atoms with van der Waals surface area (Å²) in [7, 11) is 0. The Morgan fingerprint density at radius 2 is 2.27 bits per heavy atom. The molecule has 1 atom stereocenters. The summed E-state index contributed by atoms with van der Waals surface area (Å²) >= 11 is 9.42. The number of fused-ring (bicyclic) bond motifs is 1. The van der Waals surface area contributed by atoms with E-state index >= 15 is 0 Å². The van der Waals surface area contributed by atoms with E-state index in [1.807, 2.05) is 42.6 Å². The SMILES string of the molecule is Cc1ccc(-c2nc(CC(=O)NC3CCSc4ccc(Cl)cc43)cs2)o1. The third-order valence-corrected chi connectivity index (χ3v) is 6.45. The van der Waals surface area contributed by atoms with Crippen LogP contribution < -0.4 is 5.32 Å². The molecule has 1 N–H and O–H groups in total. The van der Waals surface area contributed by atoms with E-state index in [0.717, 1.165) is 40.0 Å². The summed E-state index contributed by atoms with van der Waals surface area (Å²) in [4.78, 5) is 18.2. The Morgan fingerprint density at radius 3 is 3.08 bits per heavy atom. The van der Waals surface area contributed by atoms with Gasteiger partial charge in [-0.2, -0.15) is 0 Å². The number of hydrogen-bond donors (Lipinski definition) is 1. The minimum absolute atomic E-state index is 0.00304. The number of carbonyl (C=O) groups excluding carboxylic acids is 1. The summed E-state index contributed by atoms with van der Waals surface area (Å²) < 4.78 is 5.59. The fourth-order valence-electron chi connectivity index (χ4n) is 2.98. The maximum absolute atomic E-state index is 12.5. The number of furan rings is 1. The van der Waals surface area contributed by atoms with Gasteiger partial charge in [0.05, 0.1) is 18.2 Å². The number of thioether (sulfide) groups is 1. The summed E-state index contributed by atoms with van der Waals surface area (Å²) in [6.07, 6.45) is 1.16. The fourth-order valence-corrected chi connectivity index (χ4v) is 5.04. The Balaban J connectivity index is 1.44. The Kier molecular flexibility index (Phi) is 5.07. The molecule has 1 unspecified atom stereocenters. The molecule has 0 saturated carbocycles. The van der Waals surface area contributed by atoms with Crippen molar-refractivity contribution in [2.24, 2.45) is 0 Å². The third-order valence-electron chi connectivity index (χ3n) is 4.19. The Hall–Kier alpha value is -1.76. The molecule has 0 aliphatic carbocycles. The Bertz CT molecular complexity index is 951. The van der Waals surface area contributed by atoms with Gasteiger partial charge in [0.2, 0.25) is 5.91 Å². The second kappa shape index (κ2) is 7.47. The van der Waals surface area contributed by atoms with Crippen molar-refractivity contribution in [2.45, 2.75) is 30.7 Å². The van der Waals surface area contributed by atoms with Crippen LogP contribution in [-0.2, 0) is 11.2 Å². The van der Waals surface area contributed by atoms with Crippen molar-refractivity contribution < 1.29 is 9.21 Å². The Morgan fingerprint density at radius 1 is 1.38 bits per heavy atom. The summed E-state index contributed by atoms with van der Waals surface area (Å²) in [6, 6.07) is 9.69. The van der Waals surface area contributed by atoms with E-state index < -0.39 is 0 Å². The van der Waals surface area contributed by atoms with Gasteiger partial charge in [0.15, 0.2) is 10.8 Å². The molecule has 1 aliphatic heterocycles. The number of aryl methyl sites for hydroxylation is 1. The molecule has 0 radical (unpaired) electrons. The standard InChI is InChI=1S/C19H17ClN2O2S2/c1-11-2-4-16(24-11)19-21-13(10-26-19)9-18(23)22-15-6-7-25-17-5-3-12(20)8-14(15)17/h2-5,8,10,15H,6-7,9H2,1H3,(H,22,23). The van der Waals surface area contributed by atoms with Gasteiger partial charge in [-0.1, -0.05) is 11.6 Å². The molecule has 0 fully saturated rings. The van der Waals surface area contributed by atoms with Gasteiger partial charge in [0, 0.05) is 21.1 Å². The Labute approximate surface area is 165 Å². The first kappa shape index (κ1) is 17.6. The topological polar surface area (TPSA) is 55.1 Å². The normalized spacial score (nSPS) is 16.3. The molecule has 134 valence electrons. The molecule has 2 aromatic heterocycles. The summed E-state index contributed by atoms with van der Waals surface area (Å²) in [5, 5.41) is 6.54. The van der Waals surface area contributed by atoms with Crippen LogP contribution in [0.4, 0.5) is 0 Å². The predicted octanol–water partition coefficient (Wildman–Crippen LogP) is 5.26. The minimum atomic E-state index is -0.0275. The number of halogens is 1. The number of hydrogen-bond acceptors (Lipinski definition) is 5. The molecular weight excluding hydrogens is 388 g/mol. The second-order valence-corrected chi connectivity index (χ2v) is 8.60. The van der Waals surface area contributed by atoms with Crippen molar-refractivity contribution in [3.8, 4) is 10.8 Å². The van der Waals surface area contributed by atoms with Gasteiger partial charge in [-0.25, -0.2) is 4.98 Å². The van der Waals surface area contributed by atoms with E-state index in [0.29, 0.717) is 5.02 Å². The number of amides is 1. The number of aromatic nitrogens is 1. The molecule has 4 rings (SSSR count). The van der Waals surface area contributed by atoms with Crippen LogP contribution in [0.1, 0.15) is 29.5 Å². The average molecular weight is 405 g/mol. The quantitative estimate of drug-likeness (QED) is 0.644. The van der Waals surface area contributed by atoms with Crippen molar-refractivity contribution >= 4 is 40.6 Å². The lowest BCUT2D eigenvalue weighted by molar-refractivity contribution is -0.121. The lowest BCUT2D eigenvalue weighted by atomic mass is 10.0. The molecule has 3 aromatic rings. The van der Waals surface area contributed by atoms with Gasteiger partial charge in [-0.05, 0) is 49.2 Å². The molecule has 1 aliphatic rings. The van der Waals surface area contributed by atoms with Crippen molar-refractivity contribution in [3.63, 3.8) is 0 Å². The van der Waals surface area contributed by atoms with Crippen LogP contribution >= 0.6 is 34.7 Å². The second-order valence-electron chi connectivity index (χ2n) is 6.17. The van der Waals surface area contributed by atoms with Crippen LogP contribution in [0.25, 0.3) is 10.8 Å². The zero-order valence-electron chi connectivity index (χ0n) is 14.1. The van der Waals surface area contributed by atoms with E-state index in [-0.39, 0.29) is 18.4 Å². The average Bonchev–Trinajstić information content (AvgIpc) is 3.24. The van der Waals surface area contributed by atoms with Gasteiger partial charge in [-0.15, -0.1) is 23.1 Å². The zero-order valence-corrected chi connectivity index (χ0v) is 16.5. The predicted molar refractivity (Wildman–Crippen MR) is 106 cm³/mol. The smallest absolute Gasteiger partial charge is 0.226 e. The first-order chi connectivity index (χ1) is 12.6. The number of rotatable bonds is 4. The van der Waals surface area contributed by atoms with E-state index in [9.17, 15) is 4.79 Å². The molecule has 0 spiro atoms. The van der Waals surface area contributed by atoms with Crippen molar-refractivity contribution in [1.29, 1.82) is 0 Å². The molecule has 1 amide bonds. The van der Waals surface area contributed by atoms with Gasteiger partial charge >= 0.3 is 0 Å². The van der Waals surface area contributed by atoms with Crippen LogP contribution in [-0.4, -0.2) is 16.6 Å². The minimum Gasteiger partial charge on any atom is -0.459 e. The highest BCUT2D eigenvalue weighted by atomic mass is 35.5. The van der Waals surface area contributed by atoms with Crippen molar-refractivity contribution in [1.82, 2.24) is 10.3 Å². The van der Waals surface area contributed by atoms with Crippen molar-refractivity contribution in [3.05, 3.63) is 57.8 Å². The molecule has 26 heavy (non-hydrogen) atoms. The molecule has 7 heteroatoms. The lowest BCUT2D eigenvalue weighted by Gasteiger charge is -2.26. The van der Waals surface area contributed by atoms with Gasteiger partial charge < -0.3 is 9.73 Å². The number of benzene rings is 1. The van der Waals surface area contributed by atoms with E-state index in [4.69, 9.17) is 16.0 Å². The first-order valence-corrected chi connectivity index (χ1v) is 10.6. The third kappa shape index (κ3) is 3.82. The van der Waals surface area contributed by atoms with Gasteiger partial charge in [-0.3, -0.25) is 4.79 Å². The van der Waals surface area contributed by atoms with Gasteiger partial charge in [0.25, 0.3) is 0 Å². The molecular formula is C19H17ClN2O2S2. The molecule has 4 nitrogen and oxygen atoms in total. The van der Waals surface area contributed by atoms with Crippen LogP contribution in [0, 0.1) is 6.92 Å². The number of nitrogens with zero attached hydrogens (tertiary/aromatic N) is 1. The number of thiazole rings is 1. The highest BCUT2D eigenvalue weighted by Gasteiger charge is 2.23. The summed E-state index contributed by atoms with van der Waals surface area (Å²) in [5.41, 5.74) is 1.86. The molecule has 0 bridgehead atoms. The molecule has 3 heterocycles. The maximum atomic E-state index is 12.5. The van der Waals surface area contributed by atoms with Crippen LogP contribution in [0.5, 0.6) is 0 Å². The fraction of sp³-hybridized carbons (Fsp3) is 0.263. The maximum Gasteiger partial charge on any atom is 0.226 e. The summed E-state index contributed by atoms with van der Waals surface area (Å²) in [6.45, 7) is 1.90. The highest BCUT2D eigenvalue weighted by molar-refractivity contribution is 7.99. The van der Waals surface area contributed by atoms with Gasteiger partial charge in [0.1, 0.15) is 5.76 Å². The number of nitrogens with one attached hydrogen (secondary N) is 1. The van der Waals surface area contributed by atoms with Crippen LogP contribution in [0.15, 0.2) is 45.0 Å². The molecule has 1 aromatic carbocycles. The van der Waals surface area contributed by atoms with Crippen LogP contribution in [0.3, 0.4) is 0 Å². The van der Waals surface area contributed by atoms with E-state index in [2.05, 4.69) is 10.3 Å². The molecule has 0 saturated heterocycles. The monoisotopic (exact) mass is 404 g/mol. The summed E-state index contributed by atoms with van der Waals surface area (Å²) in [5.74, 6) is 2.55.